The molecule has 38 heavy (non-hydrogen) atoms. The maximum Gasteiger partial charge on any atom is 0.249 e. The average molecular weight is 532 g/mol. The van der Waals surface area contributed by atoms with Gasteiger partial charge in [-0.3, -0.25) is 14.4 Å². The van der Waals surface area contributed by atoms with E-state index in [2.05, 4.69) is 13.2 Å². The van der Waals surface area contributed by atoms with Crippen LogP contribution in [0.1, 0.15) is 74.1 Å². The monoisotopic (exact) mass is 531 g/mol. The molecule has 0 radical (unpaired) electrons. The van der Waals surface area contributed by atoms with Crippen molar-refractivity contribution in [2.24, 2.45) is 17.8 Å². The highest BCUT2D eigenvalue weighted by atomic mass is 16.5. The lowest BCUT2D eigenvalue weighted by Gasteiger charge is -2.44. The molecular weight excluding hydrogens is 482 g/mol. The van der Waals surface area contributed by atoms with Crippen molar-refractivity contribution in [3.05, 3.63) is 25.3 Å². The maximum atomic E-state index is 14.5. The zero-order chi connectivity index (χ0) is 28.6. The molecule has 0 aromatic carbocycles. The topological polar surface area (TPSA) is 90.4 Å². The van der Waals surface area contributed by atoms with Crippen LogP contribution in [0.5, 0.6) is 0 Å². The number of aliphatic hydroxyl groups excluding tert-OH is 1. The number of hydrogen-bond donors (Lipinski definition) is 1. The molecule has 0 aliphatic carbocycles. The summed E-state index contributed by atoms with van der Waals surface area (Å²) in [5, 5.41) is 10.5. The number of ether oxygens (including phenoxy) is 1. The Balaban J connectivity index is 2.20. The van der Waals surface area contributed by atoms with E-state index in [4.69, 9.17) is 4.74 Å². The van der Waals surface area contributed by atoms with Crippen LogP contribution in [0.4, 0.5) is 0 Å². The third-order valence-corrected chi connectivity index (χ3v) is 9.10. The highest BCUT2D eigenvalue weighted by molar-refractivity contribution is 5.99. The summed E-state index contributed by atoms with van der Waals surface area (Å²) in [5.41, 5.74) is -2.50. The van der Waals surface area contributed by atoms with Crippen LogP contribution >= 0.6 is 0 Å². The number of nitrogens with zero attached hydrogens (tertiary/aromatic N) is 3. The zero-order valence-corrected chi connectivity index (χ0v) is 24.5. The van der Waals surface area contributed by atoms with E-state index < -0.39 is 40.7 Å². The number of aliphatic hydroxyl groups is 1. The van der Waals surface area contributed by atoms with Gasteiger partial charge in [-0.15, -0.1) is 13.2 Å². The molecular formula is C30H49N3O5. The molecule has 3 saturated heterocycles. The lowest BCUT2D eigenvalue weighted by molar-refractivity contribution is -0.160. The van der Waals surface area contributed by atoms with Gasteiger partial charge in [0.2, 0.25) is 17.7 Å². The van der Waals surface area contributed by atoms with E-state index >= 15 is 0 Å². The summed E-state index contributed by atoms with van der Waals surface area (Å²) < 4.78 is 6.80. The molecule has 3 rings (SSSR count). The fraction of sp³-hybridized carbons (Fsp3) is 0.767. The molecule has 1 spiro atoms. The van der Waals surface area contributed by atoms with Crippen molar-refractivity contribution >= 4 is 17.7 Å². The minimum atomic E-state index is -1.12. The number of rotatable bonds is 12. The molecule has 0 aromatic rings. The van der Waals surface area contributed by atoms with Gasteiger partial charge < -0.3 is 24.5 Å². The lowest BCUT2D eigenvalue weighted by Crippen LogP contribution is -2.62. The molecule has 8 nitrogen and oxygen atoms in total. The number of amides is 3. The van der Waals surface area contributed by atoms with E-state index in [0.29, 0.717) is 32.5 Å². The largest absolute Gasteiger partial charge is 0.394 e. The van der Waals surface area contributed by atoms with Crippen molar-refractivity contribution in [1.82, 2.24) is 14.7 Å². The second-order valence-electron chi connectivity index (χ2n) is 12.6. The second kappa shape index (κ2) is 11.1. The van der Waals surface area contributed by atoms with Gasteiger partial charge >= 0.3 is 0 Å². The number of fused-ring (bicyclic) bond motifs is 1. The highest BCUT2D eigenvalue weighted by Gasteiger charge is 2.79. The van der Waals surface area contributed by atoms with Gasteiger partial charge in [-0.25, -0.2) is 0 Å². The first-order valence-electron chi connectivity index (χ1n) is 14.2. The molecule has 0 aromatic heterocycles. The molecule has 3 amide bonds. The van der Waals surface area contributed by atoms with Gasteiger partial charge in [0.1, 0.15) is 11.6 Å². The Kier molecular flexibility index (Phi) is 8.89. The molecule has 8 heteroatoms. The van der Waals surface area contributed by atoms with Crippen molar-refractivity contribution in [2.75, 3.05) is 26.2 Å². The second-order valence-corrected chi connectivity index (χ2v) is 12.6. The van der Waals surface area contributed by atoms with Crippen LogP contribution < -0.4 is 0 Å². The number of hydrogen-bond acceptors (Lipinski definition) is 5. The third kappa shape index (κ3) is 4.72. The fourth-order valence-corrected chi connectivity index (χ4v) is 7.08. The fourth-order valence-electron chi connectivity index (χ4n) is 7.08. The van der Waals surface area contributed by atoms with Crippen LogP contribution in [0.25, 0.3) is 0 Å². The van der Waals surface area contributed by atoms with Crippen molar-refractivity contribution in [1.29, 1.82) is 0 Å². The summed E-state index contributed by atoms with van der Waals surface area (Å²) in [5.74, 6) is -2.12. The Morgan fingerprint density at radius 2 is 1.82 bits per heavy atom. The van der Waals surface area contributed by atoms with Gasteiger partial charge in [0, 0.05) is 25.2 Å². The van der Waals surface area contributed by atoms with Crippen LogP contribution in [0.2, 0.25) is 0 Å². The van der Waals surface area contributed by atoms with Crippen molar-refractivity contribution in [3.8, 4) is 0 Å². The van der Waals surface area contributed by atoms with Crippen LogP contribution in [-0.2, 0) is 19.1 Å². The Morgan fingerprint density at radius 1 is 1.18 bits per heavy atom. The molecule has 3 aliphatic heterocycles. The van der Waals surface area contributed by atoms with E-state index in [1.165, 1.54) is 0 Å². The normalized spacial score (nSPS) is 31.6. The smallest absolute Gasteiger partial charge is 0.249 e. The van der Waals surface area contributed by atoms with E-state index in [1.807, 2.05) is 48.5 Å². The SMILES string of the molecule is C=CCN(CCC)C(=O)[C@@H]1[C@H]2C(=O)N([C@@H](CO)[C@@H](C)CC)C(C(=O)N(CC=C)C(C)(C)C)C23CC[C@@]1(C)O3. The molecule has 1 N–H and O–H groups in total. The van der Waals surface area contributed by atoms with E-state index in [0.717, 1.165) is 12.8 Å². The van der Waals surface area contributed by atoms with Crippen molar-refractivity contribution < 1.29 is 24.2 Å². The summed E-state index contributed by atoms with van der Waals surface area (Å²) in [6.45, 7) is 22.5. The van der Waals surface area contributed by atoms with Crippen LogP contribution in [-0.4, -0.2) is 92.6 Å². The van der Waals surface area contributed by atoms with E-state index in [9.17, 15) is 19.5 Å². The third-order valence-electron chi connectivity index (χ3n) is 9.10. The molecule has 3 heterocycles. The summed E-state index contributed by atoms with van der Waals surface area (Å²) in [7, 11) is 0. The van der Waals surface area contributed by atoms with Gasteiger partial charge in [0.15, 0.2) is 0 Å². The van der Waals surface area contributed by atoms with Crippen molar-refractivity contribution in [3.63, 3.8) is 0 Å². The molecule has 2 unspecified atom stereocenters. The Morgan fingerprint density at radius 3 is 2.32 bits per heavy atom. The Labute approximate surface area is 229 Å². The molecule has 214 valence electrons. The van der Waals surface area contributed by atoms with Gasteiger partial charge in [0.25, 0.3) is 0 Å². The average Bonchev–Trinajstić information content (AvgIpc) is 3.42. The van der Waals surface area contributed by atoms with E-state index in [-0.39, 0.29) is 30.2 Å². The summed E-state index contributed by atoms with van der Waals surface area (Å²) in [4.78, 5) is 48.2. The first-order chi connectivity index (χ1) is 17.8. The standard InChI is InChI=1S/C30H49N3O5/c1-10-16-31(17-11-2)25(35)22-23-26(36)33(21(19-34)20(5)13-4)24(30(23)15-14-29(22,9)38-30)27(37)32(18-12-3)28(6,7)8/h10,12,20-24,34H,1,3,11,13-19H2,2,4-9H3/t20-,21-,22-,23-,24?,29+,30?/m0/s1. The molecule has 3 fully saturated rings. The zero-order valence-electron chi connectivity index (χ0n) is 24.5. The first-order valence-corrected chi connectivity index (χ1v) is 14.2. The van der Waals surface area contributed by atoms with Gasteiger partial charge in [-0.1, -0.05) is 39.3 Å². The van der Waals surface area contributed by atoms with Crippen LogP contribution in [0.15, 0.2) is 25.3 Å². The number of carbonyl (C=O) groups is 3. The molecule has 0 saturated carbocycles. The quantitative estimate of drug-likeness (QED) is 0.390. The summed E-state index contributed by atoms with van der Waals surface area (Å²) in [6, 6.07) is -1.48. The van der Waals surface area contributed by atoms with Crippen molar-refractivity contribution in [2.45, 2.75) is 103 Å². The Bertz CT molecular complexity index is 945. The number of carbonyl (C=O) groups excluding carboxylic acids is 3. The maximum absolute atomic E-state index is 14.5. The predicted molar refractivity (Wildman–Crippen MR) is 148 cm³/mol. The highest BCUT2D eigenvalue weighted by Crippen LogP contribution is 2.64. The van der Waals surface area contributed by atoms with Gasteiger partial charge in [-0.2, -0.15) is 0 Å². The van der Waals surface area contributed by atoms with Crippen LogP contribution in [0, 0.1) is 17.8 Å². The lowest BCUT2D eigenvalue weighted by atomic mass is 9.66. The summed E-state index contributed by atoms with van der Waals surface area (Å²) in [6.07, 6.45) is 6.00. The first kappa shape index (κ1) is 30.4. The molecule has 3 aliphatic rings. The van der Waals surface area contributed by atoms with E-state index in [1.54, 1.807) is 26.9 Å². The van der Waals surface area contributed by atoms with Gasteiger partial charge in [0.05, 0.1) is 30.1 Å². The predicted octanol–water partition coefficient (Wildman–Crippen LogP) is 3.40. The summed E-state index contributed by atoms with van der Waals surface area (Å²) >= 11 is 0. The van der Waals surface area contributed by atoms with Crippen LogP contribution in [0.3, 0.4) is 0 Å². The van der Waals surface area contributed by atoms with Gasteiger partial charge in [-0.05, 0) is 52.9 Å². The molecule has 2 bridgehead atoms. The minimum Gasteiger partial charge on any atom is -0.394 e. The minimum absolute atomic E-state index is 0.0451. The Hall–Kier alpha value is -2.19. The molecule has 7 atom stereocenters. The number of likely N-dealkylation sites (tertiary alicyclic amines) is 1.